The van der Waals surface area contributed by atoms with Gasteiger partial charge in [0.1, 0.15) is 12.2 Å². The first-order valence-corrected chi connectivity index (χ1v) is 13.6. The lowest BCUT2D eigenvalue weighted by atomic mass is 9.83. The maximum atomic E-state index is 13.0. The number of hydrogen-bond acceptors (Lipinski definition) is 9. The fourth-order valence-electron chi connectivity index (χ4n) is 5.47. The molecule has 11 nitrogen and oxygen atoms in total. The SMILES string of the molecule is CO[C@H]1[C@@H](OC)C[C@H](C)[C@@H](OC)C2=CC(O)C=C(NC(=O)C(C)=CC=C[C@H](OC)[C@@H](OC(N)=O)C(C)=C[C@@H]1C)C2O. The van der Waals surface area contributed by atoms with Crippen LogP contribution >= 0.6 is 0 Å². The predicted octanol–water partition coefficient (Wildman–Crippen LogP) is 2.30. The summed E-state index contributed by atoms with van der Waals surface area (Å²) in [5.74, 6) is -0.861. The lowest BCUT2D eigenvalue weighted by molar-refractivity contribution is -0.117. The van der Waals surface area contributed by atoms with Crippen molar-refractivity contribution >= 4 is 12.0 Å². The highest BCUT2D eigenvalue weighted by Crippen LogP contribution is 2.31. The van der Waals surface area contributed by atoms with Gasteiger partial charge in [0.15, 0.2) is 6.10 Å². The first kappa shape index (κ1) is 34.4. The van der Waals surface area contributed by atoms with E-state index in [1.165, 1.54) is 26.4 Å². The molecule has 0 saturated carbocycles. The van der Waals surface area contributed by atoms with Gasteiger partial charge in [-0.2, -0.15) is 0 Å². The van der Waals surface area contributed by atoms with Gasteiger partial charge >= 0.3 is 6.09 Å². The van der Waals surface area contributed by atoms with E-state index in [1.807, 2.05) is 26.8 Å². The number of fused-ring (bicyclic) bond motifs is 2. The quantitative estimate of drug-likeness (QED) is 0.359. The number of hydrogen-bond donors (Lipinski definition) is 4. The van der Waals surface area contributed by atoms with Gasteiger partial charge in [0, 0.05) is 45.6 Å². The molecule has 2 unspecified atom stereocenters. The number of carbonyl (C=O) groups is 2. The summed E-state index contributed by atoms with van der Waals surface area (Å²) in [7, 11) is 6.20. The van der Waals surface area contributed by atoms with Gasteiger partial charge in [0.25, 0.3) is 5.91 Å². The number of methoxy groups -OCH3 is 4. The molecule has 2 aliphatic rings. The van der Waals surface area contributed by atoms with Crippen LogP contribution in [0.15, 0.2) is 58.9 Å². The summed E-state index contributed by atoms with van der Waals surface area (Å²) in [5, 5.41) is 24.5. The van der Waals surface area contributed by atoms with Crippen LogP contribution in [-0.4, -0.2) is 93.4 Å². The second kappa shape index (κ2) is 16.0. The molecular weight excluding hydrogens is 532 g/mol. The van der Waals surface area contributed by atoms with Gasteiger partial charge in [-0.15, -0.1) is 0 Å². The molecule has 0 saturated heterocycles. The predicted molar refractivity (Wildman–Crippen MR) is 154 cm³/mol. The highest BCUT2D eigenvalue weighted by Gasteiger charge is 2.36. The molecule has 1 aliphatic heterocycles. The molecule has 2 amide bonds. The number of aliphatic hydroxyl groups is 2. The fraction of sp³-hybridized carbons (Fsp3) is 0.600. The molecule has 2 bridgehead atoms. The molecule has 11 heteroatoms. The Morgan fingerprint density at radius 2 is 1.66 bits per heavy atom. The Hall–Kier alpha value is -2.80. The zero-order chi connectivity index (χ0) is 30.9. The number of aliphatic hydroxyl groups excluding tert-OH is 2. The Morgan fingerprint density at radius 3 is 2.22 bits per heavy atom. The van der Waals surface area contributed by atoms with Crippen molar-refractivity contribution in [3.8, 4) is 0 Å². The van der Waals surface area contributed by atoms with Crippen LogP contribution in [0.3, 0.4) is 0 Å². The Morgan fingerprint density at radius 1 is 0.976 bits per heavy atom. The number of allylic oxidation sites excluding steroid dienone is 2. The van der Waals surface area contributed by atoms with Crippen LogP contribution in [0.5, 0.6) is 0 Å². The Labute approximate surface area is 242 Å². The monoisotopic (exact) mass is 578 g/mol. The van der Waals surface area contributed by atoms with Crippen LogP contribution < -0.4 is 11.1 Å². The summed E-state index contributed by atoms with van der Waals surface area (Å²) in [6.07, 6.45) is 4.00. The van der Waals surface area contributed by atoms with Crippen molar-refractivity contribution in [1.29, 1.82) is 0 Å². The second-order valence-electron chi connectivity index (χ2n) is 10.5. The summed E-state index contributed by atoms with van der Waals surface area (Å²) >= 11 is 0. The number of carbonyl (C=O) groups excluding carboxylic acids is 2. The standard InChI is InChI=1S/C30H46N2O9/c1-16-10-9-11-23(37-5)28(41-30(31)36)18(3)12-17(2)27(40-8)24(38-6)13-19(4)26(39-7)21-14-20(33)15-22(25(21)34)32-29(16)35/h9-12,14-15,17,19-20,23-28,33-34H,13H2,1-8H3,(H2,31,36)(H,32,35)/t17-,19-,20?,23-,24-,25?,26+,27+,28-/m0/s1. The number of primary amides is 1. The average Bonchev–Trinajstić information content (AvgIpc) is 2.91. The van der Waals surface area contributed by atoms with Crippen molar-refractivity contribution in [2.75, 3.05) is 28.4 Å². The van der Waals surface area contributed by atoms with E-state index < -0.39 is 54.7 Å². The summed E-state index contributed by atoms with van der Waals surface area (Å²) in [6, 6.07) is 0. The van der Waals surface area contributed by atoms with Crippen molar-refractivity contribution in [3.63, 3.8) is 0 Å². The van der Waals surface area contributed by atoms with E-state index >= 15 is 0 Å². The minimum atomic E-state index is -1.20. The highest BCUT2D eigenvalue weighted by atomic mass is 16.6. The minimum absolute atomic E-state index is 0.153. The van der Waals surface area contributed by atoms with Crippen molar-refractivity contribution in [1.82, 2.24) is 5.32 Å². The Kier molecular flexibility index (Phi) is 13.4. The summed E-state index contributed by atoms with van der Waals surface area (Å²) in [6.45, 7) is 7.34. The van der Waals surface area contributed by atoms with Crippen LogP contribution in [0.1, 0.15) is 34.1 Å². The van der Waals surface area contributed by atoms with E-state index in [4.69, 9.17) is 29.4 Å². The zero-order valence-corrected chi connectivity index (χ0v) is 25.2. The Bertz CT molecular complexity index is 1060. The number of ether oxygens (including phenoxy) is 5. The lowest BCUT2D eigenvalue weighted by Gasteiger charge is -2.36. The van der Waals surface area contributed by atoms with Gasteiger partial charge < -0.3 is 44.9 Å². The van der Waals surface area contributed by atoms with Crippen molar-refractivity contribution < 1.29 is 43.5 Å². The molecule has 9 atom stereocenters. The number of rotatable bonds is 5. The molecule has 1 aliphatic carbocycles. The summed E-state index contributed by atoms with van der Waals surface area (Å²) in [5.41, 5.74) is 6.99. The molecule has 41 heavy (non-hydrogen) atoms. The zero-order valence-electron chi connectivity index (χ0n) is 25.2. The molecule has 0 spiro atoms. The van der Waals surface area contributed by atoms with Crippen molar-refractivity contribution in [3.05, 3.63) is 58.9 Å². The van der Waals surface area contributed by atoms with E-state index in [0.717, 1.165) is 0 Å². The maximum Gasteiger partial charge on any atom is 0.405 e. The molecule has 0 radical (unpaired) electrons. The van der Waals surface area contributed by atoms with Crippen LogP contribution in [0.25, 0.3) is 0 Å². The first-order chi connectivity index (χ1) is 19.4. The molecule has 0 aromatic heterocycles. The summed E-state index contributed by atoms with van der Waals surface area (Å²) < 4.78 is 28.6. The molecule has 0 aromatic rings. The lowest BCUT2D eigenvalue weighted by Crippen LogP contribution is -2.42. The molecule has 1 heterocycles. The van der Waals surface area contributed by atoms with Crippen molar-refractivity contribution in [2.45, 2.75) is 76.8 Å². The maximum absolute atomic E-state index is 13.0. The average molecular weight is 579 g/mol. The molecule has 2 rings (SSSR count). The van der Waals surface area contributed by atoms with Crippen molar-refractivity contribution in [2.24, 2.45) is 17.6 Å². The van der Waals surface area contributed by atoms with E-state index in [1.54, 1.807) is 39.4 Å². The molecular formula is C30H46N2O9. The topological polar surface area (TPSA) is 159 Å². The molecule has 5 N–H and O–H groups in total. The van der Waals surface area contributed by atoms with Crippen LogP contribution in [0, 0.1) is 11.8 Å². The highest BCUT2D eigenvalue weighted by molar-refractivity contribution is 5.94. The largest absolute Gasteiger partial charge is 0.439 e. The number of nitrogens with two attached hydrogens (primary N) is 1. The van der Waals surface area contributed by atoms with Gasteiger partial charge in [0.05, 0.1) is 24.4 Å². The molecule has 230 valence electrons. The smallest absolute Gasteiger partial charge is 0.405 e. The van der Waals surface area contributed by atoms with Gasteiger partial charge in [-0.3, -0.25) is 4.79 Å². The molecule has 0 fully saturated rings. The molecule has 0 aromatic carbocycles. The third-order valence-corrected chi connectivity index (χ3v) is 7.54. The third kappa shape index (κ3) is 9.09. The normalized spacial score (nSPS) is 34.1. The van der Waals surface area contributed by atoms with E-state index in [2.05, 4.69) is 5.32 Å². The second-order valence-corrected chi connectivity index (χ2v) is 10.5. The van der Waals surface area contributed by atoms with Gasteiger partial charge in [0.2, 0.25) is 0 Å². The van der Waals surface area contributed by atoms with E-state index in [-0.39, 0.29) is 17.5 Å². The Balaban J connectivity index is 2.64. The van der Waals surface area contributed by atoms with Crippen LogP contribution in [0.4, 0.5) is 4.79 Å². The van der Waals surface area contributed by atoms with Crippen LogP contribution in [0.2, 0.25) is 0 Å². The van der Waals surface area contributed by atoms with E-state index in [9.17, 15) is 19.8 Å². The number of nitrogens with one attached hydrogen (secondary N) is 1. The van der Waals surface area contributed by atoms with Gasteiger partial charge in [-0.05, 0) is 49.5 Å². The summed E-state index contributed by atoms with van der Waals surface area (Å²) in [4.78, 5) is 24.8. The van der Waals surface area contributed by atoms with Gasteiger partial charge in [-0.25, -0.2) is 4.79 Å². The van der Waals surface area contributed by atoms with E-state index in [0.29, 0.717) is 23.1 Å². The third-order valence-electron chi connectivity index (χ3n) is 7.54. The van der Waals surface area contributed by atoms with Crippen LogP contribution in [-0.2, 0) is 28.5 Å². The van der Waals surface area contributed by atoms with Gasteiger partial charge in [-0.1, -0.05) is 38.2 Å². The first-order valence-electron chi connectivity index (χ1n) is 13.6. The number of amides is 2. The minimum Gasteiger partial charge on any atom is -0.439 e. The fourth-order valence-corrected chi connectivity index (χ4v) is 5.47.